The number of halogens is 2. The second kappa shape index (κ2) is 7.79. The Hall–Kier alpha value is -3.19. The van der Waals surface area contributed by atoms with Gasteiger partial charge in [-0.25, -0.2) is 24.3 Å². The summed E-state index contributed by atoms with van der Waals surface area (Å²) in [5.74, 6) is 0.542. The molecule has 0 amide bonds. The largest absolute Gasteiger partial charge is 0.344 e. The first-order valence-corrected chi connectivity index (χ1v) is 7.93. The number of anilines is 1. The van der Waals surface area contributed by atoms with Crippen molar-refractivity contribution in [3.63, 3.8) is 0 Å². The molecule has 3 rings (SSSR count). The average molecular weight is 374 g/mol. The molecule has 1 N–H and O–H groups in total. The molecule has 26 heavy (non-hydrogen) atoms. The minimum Gasteiger partial charge on any atom is -0.344 e. The molecule has 3 aromatic rings. The predicted octanol–water partition coefficient (Wildman–Crippen LogP) is 1.94. The summed E-state index contributed by atoms with van der Waals surface area (Å²) in [4.78, 5) is 24.4. The van der Waals surface area contributed by atoms with Gasteiger partial charge in [0.2, 0.25) is 11.2 Å². The van der Waals surface area contributed by atoms with E-state index >= 15 is 0 Å². The number of imidazole rings is 1. The van der Waals surface area contributed by atoms with Gasteiger partial charge in [-0.15, -0.1) is 0 Å². The zero-order valence-corrected chi connectivity index (χ0v) is 14.4. The van der Waals surface area contributed by atoms with Crippen molar-refractivity contribution in [2.45, 2.75) is 25.9 Å². The molecule has 11 heteroatoms. The van der Waals surface area contributed by atoms with Gasteiger partial charge in [-0.1, -0.05) is 0 Å². The van der Waals surface area contributed by atoms with Crippen LogP contribution in [0.25, 0.3) is 0 Å². The summed E-state index contributed by atoms with van der Waals surface area (Å²) in [6.45, 7) is 2.00. The first kappa shape index (κ1) is 17.6. The first-order valence-electron chi connectivity index (χ1n) is 7.55. The van der Waals surface area contributed by atoms with Crippen LogP contribution in [0.3, 0.4) is 0 Å². The van der Waals surface area contributed by atoms with E-state index < -0.39 is 5.82 Å². The van der Waals surface area contributed by atoms with Crippen LogP contribution in [0.2, 0.25) is 5.28 Å². The Morgan fingerprint density at radius 2 is 2.04 bits per heavy atom. The molecule has 0 unspecified atom stereocenters. The fraction of sp³-hybridized carbons (Fsp3) is 0.267. The number of nitrogens with zero attached hydrogens (tertiary/aromatic N) is 8. The molecule has 0 aliphatic carbocycles. The van der Waals surface area contributed by atoms with Crippen LogP contribution >= 0.6 is 11.6 Å². The maximum Gasteiger partial charge on any atom is 0.227 e. The maximum absolute atomic E-state index is 12.9. The number of hydrogen-bond donors (Lipinski definition) is 1. The third-order valence-corrected chi connectivity index (χ3v) is 3.48. The van der Waals surface area contributed by atoms with Crippen molar-refractivity contribution < 1.29 is 4.39 Å². The van der Waals surface area contributed by atoms with E-state index in [2.05, 4.69) is 35.2 Å². The quantitative estimate of drug-likeness (QED) is 0.696. The average Bonchev–Trinajstić information content (AvgIpc) is 3.02. The highest BCUT2D eigenvalue weighted by Crippen LogP contribution is 2.15. The zero-order chi connectivity index (χ0) is 18.5. The van der Waals surface area contributed by atoms with Gasteiger partial charge in [-0.3, -0.25) is 0 Å². The van der Waals surface area contributed by atoms with Crippen LogP contribution < -0.4 is 5.32 Å². The lowest BCUT2D eigenvalue weighted by Crippen LogP contribution is -2.14. The molecule has 0 radical (unpaired) electrons. The lowest BCUT2D eigenvalue weighted by molar-refractivity contribution is 0.604. The van der Waals surface area contributed by atoms with E-state index in [-0.39, 0.29) is 23.8 Å². The Labute approximate surface area is 153 Å². The molecular formula is C15H13ClFN9. The molecule has 132 valence electrons. The number of hydrogen-bond acceptors (Lipinski definition) is 8. The highest BCUT2D eigenvalue weighted by atomic mass is 35.5. The van der Waals surface area contributed by atoms with Gasteiger partial charge < -0.3 is 9.88 Å². The van der Waals surface area contributed by atoms with Gasteiger partial charge >= 0.3 is 0 Å². The van der Waals surface area contributed by atoms with E-state index in [4.69, 9.17) is 16.9 Å². The fourth-order valence-corrected chi connectivity index (χ4v) is 2.34. The van der Waals surface area contributed by atoms with Crippen LogP contribution in [0, 0.1) is 17.1 Å². The normalized spacial score (nSPS) is 11.8. The van der Waals surface area contributed by atoms with E-state index in [1.54, 1.807) is 24.0 Å². The van der Waals surface area contributed by atoms with Crippen LogP contribution in [0.15, 0.2) is 24.9 Å². The summed E-state index contributed by atoms with van der Waals surface area (Å²) < 4.78 is 14.6. The Bertz CT molecular complexity index is 935. The molecule has 0 saturated carbocycles. The van der Waals surface area contributed by atoms with E-state index in [1.165, 1.54) is 0 Å². The topological polar surface area (TPSA) is 118 Å². The molecule has 3 aromatic heterocycles. The van der Waals surface area contributed by atoms with E-state index in [0.717, 1.165) is 12.4 Å². The predicted molar refractivity (Wildman–Crippen MR) is 89.5 cm³/mol. The molecule has 0 aliphatic rings. The van der Waals surface area contributed by atoms with Gasteiger partial charge in [0.15, 0.2) is 5.82 Å². The minimum atomic E-state index is -0.512. The number of aromatic nitrogens is 7. The summed E-state index contributed by atoms with van der Waals surface area (Å²) in [5.41, 5.74) is 0.698. The molecule has 0 spiro atoms. The third-order valence-electron chi connectivity index (χ3n) is 3.31. The van der Waals surface area contributed by atoms with E-state index in [0.29, 0.717) is 23.8 Å². The van der Waals surface area contributed by atoms with Crippen molar-refractivity contribution in [1.29, 1.82) is 5.26 Å². The van der Waals surface area contributed by atoms with Gasteiger partial charge in [-0.2, -0.15) is 15.2 Å². The van der Waals surface area contributed by atoms with Crippen LogP contribution in [0.1, 0.15) is 30.3 Å². The SMILES string of the molecule is C[C@H](Nc1nc(Cl)nc(Cc2cn(CC#N)cn2)n1)c1ncc(F)cn1. The monoisotopic (exact) mass is 373 g/mol. The van der Waals surface area contributed by atoms with Crippen molar-refractivity contribution >= 4 is 17.5 Å². The standard InChI is InChI=1S/C15H13ClFN9/c1-9(13-19-5-10(17)6-20-13)22-15-24-12(23-14(16)25-15)4-11-7-26(3-2-18)8-21-11/h5-9H,3-4H2,1H3,(H,22,23,24,25)/t9-/m0/s1. The Morgan fingerprint density at radius 3 is 2.77 bits per heavy atom. The zero-order valence-electron chi connectivity index (χ0n) is 13.6. The van der Waals surface area contributed by atoms with E-state index in [9.17, 15) is 4.39 Å². The molecule has 0 fully saturated rings. The van der Waals surface area contributed by atoms with E-state index in [1.807, 2.05) is 6.07 Å². The number of nitriles is 1. The molecule has 0 aliphatic heterocycles. The minimum absolute atomic E-state index is 0.0289. The highest BCUT2D eigenvalue weighted by molar-refractivity contribution is 6.28. The number of rotatable bonds is 6. The number of nitrogens with one attached hydrogen (secondary N) is 1. The smallest absolute Gasteiger partial charge is 0.227 e. The second-order valence-electron chi connectivity index (χ2n) is 5.34. The van der Waals surface area contributed by atoms with Crippen molar-refractivity contribution in [3.05, 3.63) is 53.4 Å². The summed E-state index contributed by atoms with van der Waals surface area (Å²) in [6.07, 6.45) is 5.81. The van der Waals surface area contributed by atoms with Gasteiger partial charge in [0.05, 0.1) is 42.9 Å². The van der Waals surface area contributed by atoms with Crippen molar-refractivity contribution in [3.8, 4) is 6.07 Å². The lowest BCUT2D eigenvalue weighted by atomic mass is 10.3. The van der Waals surface area contributed by atoms with Gasteiger partial charge in [-0.05, 0) is 18.5 Å². The second-order valence-corrected chi connectivity index (χ2v) is 5.68. The van der Waals surface area contributed by atoms with Crippen molar-refractivity contribution in [1.82, 2.24) is 34.5 Å². The molecule has 0 bridgehead atoms. The molecule has 3 heterocycles. The first-order chi connectivity index (χ1) is 12.5. The summed E-state index contributed by atoms with van der Waals surface area (Å²) >= 11 is 5.97. The van der Waals surface area contributed by atoms with Crippen molar-refractivity contribution in [2.75, 3.05) is 5.32 Å². The molecule has 9 nitrogen and oxygen atoms in total. The Balaban J connectivity index is 1.74. The molecule has 0 aromatic carbocycles. The third kappa shape index (κ3) is 4.46. The molecule has 1 atom stereocenters. The lowest BCUT2D eigenvalue weighted by Gasteiger charge is -2.12. The summed E-state index contributed by atoms with van der Waals surface area (Å²) in [7, 11) is 0. The van der Waals surface area contributed by atoms with Gasteiger partial charge in [0.1, 0.15) is 18.2 Å². The highest BCUT2D eigenvalue weighted by Gasteiger charge is 2.13. The summed E-state index contributed by atoms with van der Waals surface area (Å²) in [5, 5.41) is 11.7. The molecule has 0 saturated heterocycles. The maximum atomic E-state index is 12.9. The fourth-order valence-electron chi connectivity index (χ4n) is 2.17. The van der Waals surface area contributed by atoms with Crippen molar-refractivity contribution in [2.24, 2.45) is 0 Å². The Morgan fingerprint density at radius 1 is 1.27 bits per heavy atom. The van der Waals surface area contributed by atoms with Gasteiger partial charge in [0, 0.05) is 6.20 Å². The van der Waals surface area contributed by atoms with Gasteiger partial charge in [0.25, 0.3) is 0 Å². The Kier molecular flexibility index (Phi) is 5.28. The van der Waals surface area contributed by atoms with Crippen LogP contribution in [0.5, 0.6) is 0 Å². The molecular weight excluding hydrogens is 361 g/mol. The van der Waals surface area contributed by atoms with Crippen LogP contribution in [-0.2, 0) is 13.0 Å². The summed E-state index contributed by atoms with van der Waals surface area (Å²) in [6, 6.07) is 1.67. The van der Waals surface area contributed by atoms with Crippen LogP contribution in [0.4, 0.5) is 10.3 Å². The van der Waals surface area contributed by atoms with Crippen LogP contribution in [-0.4, -0.2) is 34.5 Å².